The molecule has 0 bridgehead atoms. The lowest BCUT2D eigenvalue weighted by molar-refractivity contribution is -0.0743. The Morgan fingerprint density at radius 3 is 2.41 bits per heavy atom. The van der Waals surface area contributed by atoms with Crippen molar-refractivity contribution in [2.24, 2.45) is 0 Å². The van der Waals surface area contributed by atoms with Gasteiger partial charge in [-0.3, -0.25) is 0 Å². The Hall–Kier alpha value is -1.14. The number of aliphatic hydroxyl groups excluding tert-OH is 1. The van der Waals surface area contributed by atoms with Crippen LogP contribution in [0.4, 0.5) is 0 Å². The van der Waals surface area contributed by atoms with Gasteiger partial charge in [0.2, 0.25) is 0 Å². The molecule has 5 heteroatoms. The number of methoxy groups -OCH3 is 1. The van der Waals surface area contributed by atoms with Crippen molar-refractivity contribution < 1.29 is 19.0 Å². The first-order valence-corrected chi connectivity index (χ1v) is 12.8. The maximum Gasteiger partial charge on any atom is 0.192 e. The molecule has 152 valence electrons. The maximum atomic E-state index is 11.0. The lowest BCUT2D eigenvalue weighted by Crippen LogP contribution is -2.50. The Morgan fingerprint density at radius 1 is 1.15 bits per heavy atom. The highest BCUT2D eigenvalue weighted by Crippen LogP contribution is 2.38. The molecule has 0 aromatic heterocycles. The molecule has 27 heavy (non-hydrogen) atoms. The van der Waals surface area contributed by atoms with Gasteiger partial charge in [0, 0.05) is 0 Å². The van der Waals surface area contributed by atoms with Crippen LogP contribution in [-0.4, -0.2) is 38.8 Å². The number of rotatable bonds is 6. The number of hydrogen-bond acceptors (Lipinski definition) is 4. The second-order valence-corrected chi connectivity index (χ2v) is 13.6. The van der Waals surface area contributed by atoms with E-state index >= 15 is 0 Å². The van der Waals surface area contributed by atoms with Crippen molar-refractivity contribution in [3.63, 3.8) is 0 Å². The number of ether oxygens (including phenoxy) is 2. The monoisotopic (exact) mass is 392 g/mol. The second-order valence-electron chi connectivity index (χ2n) is 8.89. The van der Waals surface area contributed by atoms with Crippen LogP contribution < -0.4 is 4.74 Å². The Balaban J connectivity index is 2.06. The summed E-state index contributed by atoms with van der Waals surface area (Å²) in [5.74, 6) is 0.826. The summed E-state index contributed by atoms with van der Waals surface area (Å²) in [6.45, 7) is 11.6. The summed E-state index contributed by atoms with van der Waals surface area (Å²) in [5.41, 5.74) is 1.06. The van der Waals surface area contributed by atoms with E-state index in [0.29, 0.717) is 6.61 Å². The third kappa shape index (κ3) is 6.18. The van der Waals surface area contributed by atoms with E-state index in [1.54, 1.807) is 7.11 Å². The second kappa shape index (κ2) is 9.37. The molecule has 0 aliphatic heterocycles. The van der Waals surface area contributed by atoms with Gasteiger partial charge >= 0.3 is 0 Å². The molecule has 1 aliphatic carbocycles. The summed E-state index contributed by atoms with van der Waals surface area (Å²) in [4.78, 5) is 0. The van der Waals surface area contributed by atoms with Gasteiger partial charge in [-0.05, 0) is 55.1 Å². The van der Waals surface area contributed by atoms with Gasteiger partial charge in [-0.1, -0.05) is 45.1 Å². The fraction of sp³-hybridized carbons (Fsp3) is 0.636. The number of aliphatic hydroxyl groups is 1. The molecule has 1 N–H and O–H groups in total. The SMILES string of the molecule is COc1ccc(CO[C@@H]2/C=C\CCCC(O[Si](C)(C)C(C)(C)C)[C@@H]2O)cc1. The fourth-order valence-electron chi connectivity index (χ4n) is 2.92. The van der Waals surface area contributed by atoms with Crippen LogP contribution in [0.2, 0.25) is 18.1 Å². The molecule has 2 rings (SSSR count). The van der Waals surface area contributed by atoms with Crippen LogP contribution in [-0.2, 0) is 15.8 Å². The number of allylic oxidation sites excluding steroid dienone is 1. The molecule has 3 atom stereocenters. The minimum Gasteiger partial charge on any atom is -0.497 e. The first-order chi connectivity index (χ1) is 12.6. The van der Waals surface area contributed by atoms with Gasteiger partial charge in [0.25, 0.3) is 0 Å². The lowest BCUT2D eigenvalue weighted by Gasteiger charge is -2.41. The van der Waals surface area contributed by atoms with Gasteiger partial charge in [0.1, 0.15) is 18.0 Å². The zero-order valence-corrected chi connectivity index (χ0v) is 18.7. The van der Waals surface area contributed by atoms with E-state index in [1.807, 2.05) is 30.3 Å². The quantitative estimate of drug-likeness (QED) is 0.542. The van der Waals surface area contributed by atoms with E-state index in [-0.39, 0.29) is 17.2 Å². The van der Waals surface area contributed by atoms with Gasteiger partial charge in [-0.15, -0.1) is 0 Å². The summed E-state index contributed by atoms with van der Waals surface area (Å²) >= 11 is 0. The van der Waals surface area contributed by atoms with Gasteiger partial charge in [0.05, 0.1) is 19.8 Å². The Bertz CT molecular complexity index is 604. The average Bonchev–Trinajstić information content (AvgIpc) is 2.60. The third-order valence-corrected chi connectivity index (χ3v) is 10.3. The van der Waals surface area contributed by atoms with Crippen LogP contribution in [0.15, 0.2) is 36.4 Å². The van der Waals surface area contributed by atoms with E-state index < -0.39 is 14.4 Å². The first kappa shape index (κ1) is 22.1. The molecule has 0 amide bonds. The average molecular weight is 393 g/mol. The van der Waals surface area contributed by atoms with Crippen molar-refractivity contribution >= 4 is 8.32 Å². The Kier molecular flexibility index (Phi) is 7.69. The smallest absolute Gasteiger partial charge is 0.192 e. The third-order valence-electron chi connectivity index (χ3n) is 5.76. The highest BCUT2D eigenvalue weighted by atomic mass is 28.4. The predicted octanol–water partition coefficient (Wildman–Crippen LogP) is 5.07. The van der Waals surface area contributed by atoms with Crippen LogP contribution in [0.1, 0.15) is 45.6 Å². The molecule has 1 unspecified atom stereocenters. The highest BCUT2D eigenvalue weighted by Gasteiger charge is 2.41. The number of hydrogen-bond donors (Lipinski definition) is 1. The zero-order valence-electron chi connectivity index (χ0n) is 17.7. The molecule has 0 heterocycles. The summed E-state index contributed by atoms with van der Waals surface area (Å²) in [6.07, 6.45) is 5.79. The van der Waals surface area contributed by atoms with Crippen LogP contribution in [0.25, 0.3) is 0 Å². The minimum absolute atomic E-state index is 0.115. The molecule has 1 aliphatic rings. The summed E-state index contributed by atoms with van der Waals surface area (Å²) < 4.78 is 17.8. The van der Waals surface area contributed by atoms with Crippen molar-refractivity contribution in [3.05, 3.63) is 42.0 Å². The topological polar surface area (TPSA) is 47.9 Å². The van der Waals surface area contributed by atoms with E-state index in [4.69, 9.17) is 13.9 Å². The van der Waals surface area contributed by atoms with E-state index in [2.05, 4.69) is 39.9 Å². The normalized spacial score (nSPS) is 25.5. The molecule has 4 nitrogen and oxygen atoms in total. The largest absolute Gasteiger partial charge is 0.497 e. The molecule has 1 aromatic carbocycles. The summed E-state index contributed by atoms with van der Waals surface area (Å²) in [5, 5.41) is 11.1. The molecule has 0 radical (unpaired) electrons. The molecular formula is C22H36O4Si. The Labute approximate surface area is 165 Å². The van der Waals surface area contributed by atoms with E-state index in [9.17, 15) is 5.11 Å². The summed E-state index contributed by atoms with van der Waals surface area (Å²) in [7, 11) is -0.297. The van der Waals surface area contributed by atoms with Crippen LogP contribution in [0, 0.1) is 0 Å². The number of benzene rings is 1. The van der Waals surface area contributed by atoms with Gasteiger partial charge in [-0.2, -0.15) is 0 Å². The fourth-order valence-corrected chi connectivity index (χ4v) is 4.28. The maximum absolute atomic E-state index is 11.0. The van der Waals surface area contributed by atoms with E-state index in [1.165, 1.54) is 0 Å². The van der Waals surface area contributed by atoms with Crippen molar-refractivity contribution in [3.8, 4) is 5.75 Å². The van der Waals surface area contributed by atoms with Crippen molar-refractivity contribution in [2.45, 2.75) is 83.1 Å². The van der Waals surface area contributed by atoms with E-state index in [0.717, 1.165) is 30.6 Å². The first-order valence-electron chi connectivity index (χ1n) is 9.91. The molecule has 0 spiro atoms. The van der Waals surface area contributed by atoms with Crippen molar-refractivity contribution in [1.29, 1.82) is 0 Å². The van der Waals surface area contributed by atoms with Crippen molar-refractivity contribution in [2.75, 3.05) is 7.11 Å². The standard InChI is InChI=1S/C22H36O4Si/c1-22(2,3)27(5,6)26-20-11-9-7-8-10-19(21(20)23)25-16-17-12-14-18(24-4)15-13-17/h8,10,12-15,19-21,23H,7,9,11,16H2,1-6H3/b10-8-/t19-,20?,21-/m1/s1. The predicted molar refractivity (Wildman–Crippen MR) is 113 cm³/mol. The lowest BCUT2D eigenvalue weighted by atomic mass is 9.98. The summed E-state index contributed by atoms with van der Waals surface area (Å²) in [6, 6.07) is 7.82. The van der Waals surface area contributed by atoms with Gasteiger partial charge in [-0.25, -0.2) is 0 Å². The molecular weight excluding hydrogens is 356 g/mol. The molecule has 1 aromatic rings. The van der Waals surface area contributed by atoms with Crippen LogP contribution in [0.3, 0.4) is 0 Å². The van der Waals surface area contributed by atoms with Crippen LogP contribution in [0.5, 0.6) is 5.75 Å². The van der Waals surface area contributed by atoms with Crippen molar-refractivity contribution in [1.82, 2.24) is 0 Å². The van der Waals surface area contributed by atoms with Gasteiger partial charge in [0.15, 0.2) is 8.32 Å². The molecule has 0 saturated heterocycles. The van der Waals surface area contributed by atoms with Gasteiger partial charge < -0.3 is 19.0 Å². The highest BCUT2D eigenvalue weighted by molar-refractivity contribution is 6.74. The Morgan fingerprint density at radius 2 is 1.81 bits per heavy atom. The van der Waals surface area contributed by atoms with Crippen LogP contribution >= 0.6 is 0 Å². The molecule has 0 saturated carbocycles. The minimum atomic E-state index is -1.95. The zero-order chi connectivity index (χ0) is 20.1. The molecule has 0 fully saturated rings.